The summed E-state index contributed by atoms with van der Waals surface area (Å²) in [6.07, 6.45) is 2.67. The molecule has 2 aromatic rings. The molecule has 7 heteroatoms. The molecule has 1 aliphatic rings. The van der Waals surface area contributed by atoms with Crippen LogP contribution in [0.5, 0.6) is 0 Å². The molecule has 0 spiro atoms. The van der Waals surface area contributed by atoms with Crippen molar-refractivity contribution in [2.24, 2.45) is 0 Å². The monoisotopic (exact) mass is 316 g/mol. The highest BCUT2D eigenvalue weighted by Crippen LogP contribution is 2.24. The number of imidazole rings is 1. The molecular weight excluding hydrogens is 307 g/mol. The average molecular weight is 318 g/mol. The lowest BCUT2D eigenvalue weighted by molar-refractivity contribution is 0.195. The molecular formula is C10H10BrClN4O. The third-order valence-electron chi connectivity index (χ3n) is 2.68. The first kappa shape index (κ1) is 11.3. The van der Waals surface area contributed by atoms with Crippen molar-refractivity contribution < 1.29 is 4.74 Å². The second kappa shape index (κ2) is 4.44. The summed E-state index contributed by atoms with van der Waals surface area (Å²) in [6.45, 7) is 1.48. The smallest absolute Gasteiger partial charge is 0.166 e. The standard InChI is InChI=1S/C10H10BrClN4O/c11-8-4-13-9-3-7(12)10(15-16(8)9)14-6-1-2-17-5-6/h3-4,6H,1-2,5H2,(H,14,15). The predicted molar refractivity (Wildman–Crippen MR) is 68.5 cm³/mol. The lowest BCUT2D eigenvalue weighted by Gasteiger charge is -2.12. The van der Waals surface area contributed by atoms with Gasteiger partial charge >= 0.3 is 0 Å². The van der Waals surface area contributed by atoms with Gasteiger partial charge in [-0.25, -0.2) is 9.50 Å². The SMILES string of the molecule is Clc1cc2ncc(Br)n2nc1NC1CCOC1. The number of rotatable bonds is 2. The summed E-state index contributed by atoms with van der Waals surface area (Å²) in [4.78, 5) is 4.17. The molecule has 1 aliphatic heterocycles. The topological polar surface area (TPSA) is 51.5 Å². The minimum absolute atomic E-state index is 0.278. The second-order valence-electron chi connectivity index (χ2n) is 3.90. The first-order valence-electron chi connectivity index (χ1n) is 5.28. The highest BCUT2D eigenvalue weighted by atomic mass is 79.9. The number of fused-ring (bicyclic) bond motifs is 1. The van der Waals surface area contributed by atoms with Gasteiger partial charge in [-0.1, -0.05) is 11.6 Å². The van der Waals surface area contributed by atoms with E-state index in [2.05, 4.69) is 31.3 Å². The number of hydrogen-bond donors (Lipinski definition) is 1. The van der Waals surface area contributed by atoms with Crippen molar-refractivity contribution in [3.63, 3.8) is 0 Å². The first-order chi connectivity index (χ1) is 8.24. The Morgan fingerprint density at radius 2 is 2.47 bits per heavy atom. The predicted octanol–water partition coefficient (Wildman–Crippen LogP) is 2.35. The number of anilines is 1. The molecule has 1 fully saturated rings. The number of halogens is 2. The average Bonchev–Trinajstić information content (AvgIpc) is 2.92. The Bertz CT molecular complexity index is 552. The summed E-state index contributed by atoms with van der Waals surface area (Å²) in [5.41, 5.74) is 0.718. The van der Waals surface area contributed by atoms with Crippen LogP contribution < -0.4 is 5.32 Å². The molecule has 2 aromatic heterocycles. The van der Waals surface area contributed by atoms with Crippen LogP contribution in [0, 0.1) is 0 Å². The Morgan fingerprint density at radius 1 is 1.59 bits per heavy atom. The summed E-state index contributed by atoms with van der Waals surface area (Å²) in [5, 5.41) is 8.26. The molecule has 0 amide bonds. The van der Waals surface area contributed by atoms with Crippen LogP contribution in [0.25, 0.3) is 5.65 Å². The van der Waals surface area contributed by atoms with E-state index < -0.39 is 0 Å². The van der Waals surface area contributed by atoms with Gasteiger partial charge in [-0.15, -0.1) is 5.10 Å². The highest BCUT2D eigenvalue weighted by Gasteiger charge is 2.18. The van der Waals surface area contributed by atoms with Crippen LogP contribution in [0.15, 0.2) is 16.9 Å². The van der Waals surface area contributed by atoms with Gasteiger partial charge in [0, 0.05) is 12.7 Å². The van der Waals surface area contributed by atoms with E-state index in [-0.39, 0.29) is 6.04 Å². The molecule has 90 valence electrons. The summed E-state index contributed by atoms with van der Waals surface area (Å²) in [7, 11) is 0. The number of hydrogen-bond acceptors (Lipinski definition) is 4. The number of aromatic nitrogens is 3. The molecule has 0 aliphatic carbocycles. The van der Waals surface area contributed by atoms with Crippen molar-refractivity contribution in [1.82, 2.24) is 14.6 Å². The quantitative estimate of drug-likeness (QED) is 0.924. The summed E-state index contributed by atoms with van der Waals surface area (Å²) < 4.78 is 7.80. The van der Waals surface area contributed by atoms with E-state index in [9.17, 15) is 0 Å². The fourth-order valence-corrected chi connectivity index (χ4v) is 2.36. The summed E-state index contributed by atoms with van der Waals surface area (Å²) >= 11 is 9.54. The van der Waals surface area contributed by atoms with Crippen molar-refractivity contribution in [2.75, 3.05) is 18.5 Å². The fourth-order valence-electron chi connectivity index (χ4n) is 1.80. The molecule has 1 unspecified atom stereocenters. The van der Waals surface area contributed by atoms with Gasteiger partial charge in [-0.05, 0) is 22.4 Å². The zero-order valence-corrected chi connectivity index (χ0v) is 11.2. The van der Waals surface area contributed by atoms with Gasteiger partial charge in [-0.2, -0.15) is 0 Å². The number of nitrogens with zero attached hydrogens (tertiary/aromatic N) is 3. The molecule has 3 heterocycles. The normalized spacial score (nSPS) is 20.0. The fraction of sp³-hybridized carbons (Fsp3) is 0.400. The van der Waals surface area contributed by atoms with E-state index >= 15 is 0 Å². The van der Waals surface area contributed by atoms with Gasteiger partial charge in [0.1, 0.15) is 4.60 Å². The Balaban J connectivity index is 1.96. The van der Waals surface area contributed by atoms with Gasteiger partial charge in [0.15, 0.2) is 11.5 Å². The van der Waals surface area contributed by atoms with E-state index in [1.807, 2.05) is 0 Å². The molecule has 5 nitrogen and oxygen atoms in total. The van der Waals surface area contributed by atoms with Crippen molar-refractivity contribution in [3.05, 3.63) is 21.9 Å². The van der Waals surface area contributed by atoms with Gasteiger partial charge < -0.3 is 10.1 Å². The Kier molecular flexibility index (Phi) is 2.94. The molecule has 1 N–H and O–H groups in total. The molecule has 1 saturated heterocycles. The van der Waals surface area contributed by atoms with Gasteiger partial charge in [0.05, 0.1) is 23.9 Å². The largest absolute Gasteiger partial charge is 0.379 e. The Morgan fingerprint density at radius 3 is 3.24 bits per heavy atom. The number of nitrogens with one attached hydrogen (secondary N) is 1. The van der Waals surface area contributed by atoms with E-state index in [1.54, 1.807) is 16.8 Å². The van der Waals surface area contributed by atoms with Crippen LogP contribution in [0.3, 0.4) is 0 Å². The molecule has 0 aromatic carbocycles. The molecule has 3 rings (SSSR count). The van der Waals surface area contributed by atoms with Crippen molar-refractivity contribution in [1.29, 1.82) is 0 Å². The molecule has 0 bridgehead atoms. The molecule has 0 saturated carbocycles. The maximum absolute atomic E-state index is 6.16. The maximum Gasteiger partial charge on any atom is 0.166 e. The van der Waals surface area contributed by atoms with E-state index in [0.717, 1.165) is 23.3 Å². The van der Waals surface area contributed by atoms with Gasteiger partial charge in [0.2, 0.25) is 0 Å². The van der Waals surface area contributed by atoms with Crippen molar-refractivity contribution in [3.8, 4) is 0 Å². The van der Waals surface area contributed by atoms with E-state index in [1.165, 1.54) is 0 Å². The van der Waals surface area contributed by atoms with Crippen molar-refractivity contribution >= 4 is 39.0 Å². The number of ether oxygens (including phenoxy) is 1. The minimum atomic E-state index is 0.278. The van der Waals surface area contributed by atoms with Crippen LogP contribution in [-0.2, 0) is 4.74 Å². The lowest BCUT2D eigenvalue weighted by atomic mass is 10.2. The zero-order chi connectivity index (χ0) is 11.8. The van der Waals surface area contributed by atoms with E-state index in [4.69, 9.17) is 16.3 Å². The van der Waals surface area contributed by atoms with Crippen LogP contribution in [0.2, 0.25) is 5.02 Å². The molecule has 1 atom stereocenters. The maximum atomic E-state index is 6.16. The summed E-state index contributed by atoms with van der Waals surface area (Å²) in [5.74, 6) is 0.661. The zero-order valence-electron chi connectivity index (χ0n) is 8.86. The first-order valence-corrected chi connectivity index (χ1v) is 6.45. The Labute approximate surface area is 111 Å². The Hall–Kier alpha value is -0.850. The van der Waals surface area contributed by atoms with Crippen LogP contribution in [-0.4, -0.2) is 33.9 Å². The minimum Gasteiger partial charge on any atom is -0.379 e. The van der Waals surface area contributed by atoms with Crippen LogP contribution in [0.1, 0.15) is 6.42 Å². The lowest BCUT2D eigenvalue weighted by Crippen LogP contribution is -2.20. The van der Waals surface area contributed by atoms with Gasteiger partial charge in [0.25, 0.3) is 0 Å². The van der Waals surface area contributed by atoms with Crippen LogP contribution >= 0.6 is 27.5 Å². The highest BCUT2D eigenvalue weighted by molar-refractivity contribution is 9.10. The van der Waals surface area contributed by atoms with Crippen molar-refractivity contribution in [2.45, 2.75) is 12.5 Å². The second-order valence-corrected chi connectivity index (χ2v) is 5.12. The third kappa shape index (κ3) is 2.12. The molecule has 0 radical (unpaired) electrons. The van der Waals surface area contributed by atoms with E-state index in [0.29, 0.717) is 17.4 Å². The third-order valence-corrected chi connectivity index (χ3v) is 3.50. The van der Waals surface area contributed by atoms with Crippen LogP contribution in [0.4, 0.5) is 5.82 Å². The van der Waals surface area contributed by atoms with Gasteiger partial charge in [-0.3, -0.25) is 0 Å². The molecule has 17 heavy (non-hydrogen) atoms. The summed E-state index contributed by atoms with van der Waals surface area (Å²) in [6, 6.07) is 2.07.